The first-order valence-electron chi connectivity index (χ1n) is 6.46. The van der Waals surface area contributed by atoms with Crippen LogP contribution in [0.3, 0.4) is 0 Å². The first-order valence-corrected chi connectivity index (χ1v) is 7.69. The lowest BCUT2D eigenvalue weighted by Gasteiger charge is -2.25. The summed E-state index contributed by atoms with van der Waals surface area (Å²) in [6.45, 7) is 5.44. The van der Waals surface area contributed by atoms with Gasteiger partial charge in [-0.05, 0) is 24.5 Å². The van der Waals surface area contributed by atoms with Gasteiger partial charge in [-0.2, -0.15) is 0 Å². The van der Waals surface area contributed by atoms with E-state index in [1.165, 1.54) is 11.8 Å². The van der Waals surface area contributed by atoms with Crippen molar-refractivity contribution in [2.24, 2.45) is 5.41 Å². The van der Waals surface area contributed by atoms with Gasteiger partial charge in [0.1, 0.15) is 11.6 Å². The van der Waals surface area contributed by atoms with Crippen molar-refractivity contribution in [1.29, 1.82) is 0 Å². The lowest BCUT2D eigenvalue weighted by molar-refractivity contribution is 0.248. The molecule has 0 radical (unpaired) electrons. The van der Waals surface area contributed by atoms with Crippen molar-refractivity contribution in [3.63, 3.8) is 0 Å². The molecule has 1 aromatic rings. The quantitative estimate of drug-likeness (QED) is 0.503. The van der Waals surface area contributed by atoms with E-state index in [0.717, 1.165) is 36.2 Å². The zero-order valence-corrected chi connectivity index (χ0v) is 13.0. The minimum Gasteiger partial charge on any atom is -0.396 e. The fourth-order valence-corrected chi connectivity index (χ4v) is 2.09. The van der Waals surface area contributed by atoms with E-state index in [0.29, 0.717) is 0 Å². The number of rotatable bonds is 8. The summed E-state index contributed by atoms with van der Waals surface area (Å²) in [5.74, 6) is 1.65. The number of aliphatic hydroxyl groups is 1. The van der Waals surface area contributed by atoms with Crippen LogP contribution in [-0.2, 0) is 0 Å². The maximum Gasteiger partial charge on any atom is 0.191 e. The predicted molar refractivity (Wildman–Crippen MR) is 82.0 cm³/mol. The Balaban J connectivity index is 2.66. The van der Waals surface area contributed by atoms with Crippen LogP contribution in [0.1, 0.15) is 26.7 Å². The summed E-state index contributed by atoms with van der Waals surface area (Å²) in [6.07, 6.45) is 3.77. The summed E-state index contributed by atoms with van der Waals surface area (Å²) >= 11 is 1.52. The number of aromatic nitrogens is 2. The van der Waals surface area contributed by atoms with Crippen LogP contribution in [0.25, 0.3) is 0 Å². The molecule has 3 N–H and O–H groups in total. The van der Waals surface area contributed by atoms with Crippen LogP contribution < -0.4 is 10.6 Å². The third kappa shape index (κ3) is 5.65. The molecule has 19 heavy (non-hydrogen) atoms. The van der Waals surface area contributed by atoms with Gasteiger partial charge in [0.05, 0.1) is 0 Å². The molecule has 6 heteroatoms. The van der Waals surface area contributed by atoms with Crippen molar-refractivity contribution >= 4 is 23.4 Å². The van der Waals surface area contributed by atoms with Crippen LogP contribution in [0.5, 0.6) is 0 Å². The van der Waals surface area contributed by atoms with E-state index in [-0.39, 0.29) is 12.0 Å². The topological polar surface area (TPSA) is 70.1 Å². The third-order valence-corrected chi connectivity index (χ3v) is 3.45. The molecule has 0 spiro atoms. The van der Waals surface area contributed by atoms with Crippen LogP contribution in [0.15, 0.2) is 11.2 Å². The van der Waals surface area contributed by atoms with Gasteiger partial charge in [-0.25, -0.2) is 9.97 Å². The number of anilines is 2. The second kappa shape index (κ2) is 7.55. The average molecular weight is 284 g/mol. The Morgan fingerprint density at radius 3 is 2.58 bits per heavy atom. The molecule has 0 aromatic carbocycles. The number of aliphatic hydroxyl groups excluding tert-OH is 1. The monoisotopic (exact) mass is 284 g/mol. The normalized spacial score (nSPS) is 11.4. The molecule has 1 aromatic heterocycles. The van der Waals surface area contributed by atoms with Crippen molar-refractivity contribution < 1.29 is 5.11 Å². The van der Waals surface area contributed by atoms with Gasteiger partial charge >= 0.3 is 0 Å². The highest BCUT2D eigenvalue weighted by Crippen LogP contribution is 2.23. The lowest BCUT2D eigenvalue weighted by atomic mass is 9.88. The van der Waals surface area contributed by atoms with Crippen LogP contribution in [0.4, 0.5) is 11.6 Å². The smallest absolute Gasteiger partial charge is 0.191 e. The molecule has 1 heterocycles. The van der Waals surface area contributed by atoms with E-state index < -0.39 is 0 Å². The second-order valence-electron chi connectivity index (χ2n) is 5.22. The highest BCUT2D eigenvalue weighted by atomic mass is 32.2. The SMILES string of the molecule is CNc1cc(NCC(C)(C)CCCO)nc(SC)n1. The zero-order valence-electron chi connectivity index (χ0n) is 12.2. The van der Waals surface area contributed by atoms with Crippen LogP contribution in [0, 0.1) is 5.41 Å². The van der Waals surface area contributed by atoms with E-state index in [2.05, 4.69) is 34.4 Å². The summed E-state index contributed by atoms with van der Waals surface area (Å²) in [5, 5.41) is 16.0. The molecule has 108 valence electrons. The van der Waals surface area contributed by atoms with Gasteiger partial charge in [0.2, 0.25) is 0 Å². The molecule has 0 bridgehead atoms. The first kappa shape index (κ1) is 16.0. The fraction of sp³-hybridized carbons (Fsp3) is 0.692. The van der Waals surface area contributed by atoms with Crippen molar-refractivity contribution in [1.82, 2.24) is 9.97 Å². The third-order valence-electron chi connectivity index (χ3n) is 2.90. The Bertz CT molecular complexity index is 376. The minimum atomic E-state index is 0.132. The maximum absolute atomic E-state index is 8.90. The van der Waals surface area contributed by atoms with Crippen molar-refractivity contribution in [3.05, 3.63) is 6.07 Å². The molecule has 0 atom stereocenters. The van der Waals surface area contributed by atoms with E-state index in [1.807, 2.05) is 19.4 Å². The number of hydrogen-bond acceptors (Lipinski definition) is 6. The Morgan fingerprint density at radius 2 is 2.00 bits per heavy atom. The molecular weight excluding hydrogens is 260 g/mol. The van der Waals surface area contributed by atoms with Crippen molar-refractivity contribution in [2.75, 3.05) is 37.1 Å². The molecule has 0 aliphatic heterocycles. The lowest BCUT2D eigenvalue weighted by Crippen LogP contribution is -2.24. The maximum atomic E-state index is 8.90. The molecule has 0 amide bonds. The Morgan fingerprint density at radius 1 is 1.32 bits per heavy atom. The molecule has 0 unspecified atom stereocenters. The highest BCUT2D eigenvalue weighted by molar-refractivity contribution is 7.98. The molecule has 0 saturated carbocycles. The van der Waals surface area contributed by atoms with E-state index >= 15 is 0 Å². The van der Waals surface area contributed by atoms with Crippen LogP contribution in [-0.4, -0.2) is 41.5 Å². The summed E-state index contributed by atoms with van der Waals surface area (Å²) in [4.78, 5) is 8.77. The number of nitrogens with one attached hydrogen (secondary N) is 2. The fourth-order valence-electron chi connectivity index (χ4n) is 1.71. The van der Waals surface area contributed by atoms with Crippen LogP contribution >= 0.6 is 11.8 Å². The number of nitrogens with zero attached hydrogens (tertiary/aromatic N) is 2. The summed E-state index contributed by atoms with van der Waals surface area (Å²) in [6, 6.07) is 1.90. The summed E-state index contributed by atoms with van der Waals surface area (Å²) in [5.41, 5.74) is 0.132. The van der Waals surface area contributed by atoms with E-state index in [4.69, 9.17) is 5.11 Å². The zero-order chi connectivity index (χ0) is 14.3. The Hall–Kier alpha value is -1.01. The summed E-state index contributed by atoms with van der Waals surface area (Å²) < 4.78 is 0. The molecule has 1 rings (SSSR count). The van der Waals surface area contributed by atoms with Gasteiger partial charge in [0.15, 0.2) is 5.16 Å². The molecular formula is C13H24N4OS. The molecule has 0 aliphatic carbocycles. The minimum absolute atomic E-state index is 0.132. The predicted octanol–water partition coefficient (Wildman–Crippen LogP) is 2.45. The average Bonchev–Trinajstić information content (AvgIpc) is 2.42. The van der Waals surface area contributed by atoms with Gasteiger partial charge in [-0.1, -0.05) is 25.6 Å². The van der Waals surface area contributed by atoms with Gasteiger partial charge in [-0.15, -0.1) is 0 Å². The van der Waals surface area contributed by atoms with Crippen molar-refractivity contribution in [2.45, 2.75) is 31.8 Å². The van der Waals surface area contributed by atoms with Gasteiger partial charge in [0.25, 0.3) is 0 Å². The van der Waals surface area contributed by atoms with E-state index in [1.54, 1.807) is 0 Å². The molecule has 0 fully saturated rings. The Labute approximate surface area is 119 Å². The largest absolute Gasteiger partial charge is 0.396 e. The van der Waals surface area contributed by atoms with E-state index in [9.17, 15) is 0 Å². The molecule has 0 saturated heterocycles. The Kier molecular flexibility index (Phi) is 6.37. The standard InChI is InChI=1S/C13H24N4OS/c1-13(2,6-5-7-18)9-15-11-8-10(14-3)16-12(17-11)19-4/h8,18H,5-7,9H2,1-4H3,(H2,14,15,16,17). The molecule has 0 aliphatic rings. The molecule has 5 nitrogen and oxygen atoms in total. The summed E-state index contributed by atoms with van der Waals surface area (Å²) in [7, 11) is 1.85. The number of hydrogen-bond donors (Lipinski definition) is 3. The van der Waals surface area contributed by atoms with Crippen LogP contribution in [0.2, 0.25) is 0 Å². The highest BCUT2D eigenvalue weighted by Gasteiger charge is 2.17. The van der Waals surface area contributed by atoms with Gasteiger partial charge in [0, 0.05) is 26.3 Å². The second-order valence-corrected chi connectivity index (χ2v) is 5.99. The first-order chi connectivity index (χ1) is 9.00. The van der Waals surface area contributed by atoms with Gasteiger partial charge in [-0.3, -0.25) is 0 Å². The number of thioether (sulfide) groups is 1. The van der Waals surface area contributed by atoms with Crippen molar-refractivity contribution in [3.8, 4) is 0 Å². The van der Waals surface area contributed by atoms with Gasteiger partial charge < -0.3 is 15.7 Å².